The molecule has 0 saturated carbocycles. The Kier molecular flexibility index (Phi) is 5.85. The Morgan fingerprint density at radius 2 is 1.35 bits per heavy atom. The number of alkyl halides is 1. The number of rotatable bonds is 7. The van der Waals surface area contributed by atoms with E-state index in [1.807, 2.05) is 79.7 Å². The summed E-state index contributed by atoms with van der Waals surface area (Å²) in [6, 6.07) is 26.6. The minimum Gasteiger partial charge on any atom is -0.385 e. The van der Waals surface area contributed by atoms with Gasteiger partial charge in [-0.1, -0.05) is 105 Å². The lowest BCUT2D eigenvalue weighted by atomic mass is 9.82. The van der Waals surface area contributed by atoms with E-state index < -0.39 is 11.8 Å². The number of benzene rings is 3. The largest absolute Gasteiger partial charge is 0.385 e. The van der Waals surface area contributed by atoms with Crippen LogP contribution in [0.1, 0.15) is 43.4 Å². The Morgan fingerprint density at radius 3 is 1.92 bits per heavy atom. The van der Waals surface area contributed by atoms with Gasteiger partial charge in [0.2, 0.25) is 0 Å². The first-order valence-electron chi connectivity index (χ1n) is 9.23. The van der Waals surface area contributed by atoms with Gasteiger partial charge in [-0.2, -0.15) is 0 Å². The van der Waals surface area contributed by atoms with Crippen molar-refractivity contribution >= 4 is 0 Å². The number of hydrogen-bond acceptors (Lipinski definition) is 1. The van der Waals surface area contributed by atoms with Crippen LogP contribution in [-0.4, -0.2) is 5.11 Å². The third-order valence-corrected chi connectivity index (χ3v) is 4.91. The van der Waals surface area contributed by atoms with E-state index in [4.69, 9.17) is 0 Å². The molecular weight excluding hydrogens is 323 g/mol. The molecule has 26 heavy (non-hydrogen) atoms. The smallest absolute Gasteiger partial charge is 0.165 e. The Bertz CT molecular complexity index is 799. The summed E-state index contributed by atoms with van der Waals surface area (Å²) in [6.07, 6.45) is 0.721. The van der Waals surface area contributed by atoms with Gasteiger partial charge in [0.05, 0.1) is 0 Å². The summed E-state index contributed by atoms with van der Waals surface area (Å²) in [5.74, 6) is 0. The molecule has 2 unspecified atom stereocenters. The molecule has 134 valence electrons. The maximum Gasteiger partial charge on any atom is 0.165 e. The highest BCUT2D eigenvalue weighted by Gasteiger charge is 2.40. The summed E-state index contributed by atoms with van der Waals surface area (Å²) < 4.78 is 16.1. The Hall–Kier alpha value is -2.45. The second kappa shape index (κ2) is 8.29. The van der Waals surface area contributed by atoms with Crippen molar-refractivity contribution in [2.75, 3.05) is 0 Å². The van der Waals surface area contributed by atoms with Crippen molar-refractivity contribution < 1.29 is 9.50 Å². The summed E-state index contributed by atoms with van der Waals surface area (Å²) in [5, 5.41) is 10.8. The molecule has 0 aliphatic rings. The topological polar surface area (TPSA) is 20.2 Å². The van der Waals surface area contributed by atoms with Crippen LogP contribution in [0.2, 0.25) is 0 Å². The van der Waals surface area contributed by atoms with Crippen molar-refractivity contribution in [2.45, 2.75) is 38.0 Å². The predicted molar refractivity (Wildman–Crippen MR) is 106 cm³/mol. The average Bonchev–Trinajstić information content (AvgIpc) is 2.73. The summed E-state index contributed by atoms with van der Waals surface area (Å²) in [6.45, 7) is 2.04. The third kappa shape index (κ3) is 3.86. The lowest BCUT2D eigenvalue weighted by Gasteiger charge is -2.31. The van der Waals surface area contributed by atoms with Crippen LogP contribution in [0, 0.1) is 0 Å². The van der Waals surface area contributed by atoms with Crippen LogP contribution in [0.4, 0.5) is 4.39 Å². The summed E-state index contributed by atoms with van der Waals surface area (Å²) in [5.41, 5.74) is 1.48. The third-order valence-electron chi connectivity index (χ3n) is 4.91. The van der Waals surface area contributed by atoms with Gasteiger partial charge in [-0.05, 0) is 28.7 Å². The highest BCUT2D eigenvalue weighted by atomic mass is 19.1. The van der Waals surface area contributed by atoms with E-state index in [1.54, 1.807) is 12.1 Å². The van der Waals surface area contributed by atoms with Gasteiger partial charge < -0.3 is 5.11 Å². The fourth-order valence-corrected chi connectivity index (χ4v) is 3.34. The van der Waals surface area contributed by atoms with E-state index >= 15 is 4.39 Å². The maximum atomic E-state index is 16.1. The number of halogens is 1. The number of aliphatic hydroxyl groups excluding tert-OH is 1. The van der Waals surface area contributed by atoms with Crippen molar-refractivity contribution in [2.24, 2.45) is 0 Å². The molecule has 3 aromatic rings. The molecule has 0 spiro atoms. The van der Waals surface area contributed by atoms with Gasteiger partial charge in [-0.25, -0.2) is 4.39 Å². The minimum absolute atomic E-state index is 0.296. The Balaban J connectivity index is 1.94. The molecule has 0 radical (unpaired) electrons. The van der Waals surface area contributed by atoms with E-state index in [2.05, 4.69) is 0 Å². The van der Waals surface area contributed by atoms with E-state index in [9.17, 15) is 5.11 Å². The lowest BCUT2D eigenvalue weighted by Crippen LogP contribution is -2.29. The molecule has 3 rings (SSSR count). The summed E-state index contributed by atoms with van der Waals surface area (Å²) >= 11 is 0. The molecule has 2 heteroatoms. The van der Waals surface area contributed by atoms with Crippen LogP contribution >= 0.6 is 0 Å². The van der Waals surface area contributed by atoms with Crippen molar-refractivity contribution in [3.05, 3.63) is 96.1 Å². The molecule has 0 fully saturated rings. The minimum atomic E-state index is -1.80. The van der Waals surface area contributed by atoms with Gasteiger partial charge in [0.15, 0.2) is 5.67 Å². The quantitative estimate of drug-likeness (QED) is 0.521. The van der Waals surface area contributed by atoms with Gasteiger partial charge in [0, 0.05) is 0 Å². The van der Waals surface area contributed by atoms with Crippen LogP contribution in [0.3, 0.4) is 0 Å². The monoisotopic (exact) mass is 348 g/mol. The van der Waals surface area contributed by atoms with Gasteiger partial charge >= 0.3 is 0 Å². The molecule has 0 saturated heterocycles. The second-order valence-electron chi connectivity index (χ2n) is 6.72. The van der Waals surface area contributed by atoms with Crippen molar-refractivity contribution in [3.8, 4) is 11.1 Å². The Morgan fingerprint density at radius 1 is 0.808 bits per heavy atom. The molecule has 0 aromatic heterocycles. The SMILES string of the molecule is CCCCC(F)(c1ccc(-c2ccccc2)cc1)C(O)c1ccccc1. The number of aliphatic hydroxyl groups is 1. The van der Waals surface area contributed by atoms with Crippen molar-refractivity contribution in [1.82, 2.24) is 0 Å². The molecule has 0 aliphatic heterocycles. The standard InChI is InChI=1S/C24H25FO/c1-2-3-18-24(25,23(26)21-12-8-5-9-13-21)22-16-14-20(15-17-22)19-10-6-4-7-11-19/h4-17,23,26H,2-3,18H2,1H3. The average molecular weight is 348 g/mol. The first-order valence-corrected chi connectivity index (χ1v) is 9.23. The van der Waals surface area contributed by atoms with Gasteiger partial charge in [-0.15, -0.1) is 0 Å². The molecule has 2 atom stereocenters. The van der Waals surface area contributed by atoms with Gasteiger partial charge in [0.1, 0.15) is 6.10 Å². The fourth-order valence-electron chi connectivity index (χ4n) is 3.34. The van der Waals surface area contributed by atoms with Gasteiger partial charge in [0.25, 0.3) is 0 Å². The molecule has 0 aliphatic carbocycles. The van der Waals surface area contributed by atoms with Crippen LogP contribution in [0.5, 0.6) is 0 Å². The van der Waals surface area contributed by atoms with Crippen LogP contribution < -0.4 is 0 Å². The second-order valence-corrected chi connectivity index (χ2v) is 6.72. The maximum absolute atomic E-state index is 16.1. The molecule has 0 amide bonds. The number of hydrogen-bond donors (Lipinski definition) is 1. The normalized spacial score (nSPS) is 14.6. The molecule has 0 bridgehead atoms. The van der Waals surface area contributed by atoms with Crippen molar-refractivity contribution in [1.29, 1.82) is 0 Å². The highest BCUT2D eigenvalue weighted by molar-refractivity contribution is 5.63. The zero-order chi connectivity index (χ0) is 18.4. The lowest BCUT2D eigenvalue weighted by molar-refractivity contribution is -0.0231. The molecule has 0 heterocycles. The molecule has 3 aromatic carbocycles. The van der Waals surface area contributed by atoms with E-state index in [-0.39, 0.29) is 0 Å². The van der Waals surface area contributed by atoms with Crippen LogP contribution in [0.15, 0.2) is 84.9 Å². The fraction of sp³-hybridized carbons (Fsp3) is 0.250. The molecule has 1 nitrogen and oxygen atoms in total. The number of unbranched alkanes of at least 4 members (excludes halogenated alkanes) is 1. The van der Waals surface area contributed by atoms with E-state index in [1.165, 1.54) is 0 Å². The van der Waals surface area contributed by atoms with E-state index in [0.717, 1.165) is 24.0 Å². The zero-order valence-electron chi connectivity index (χ0n) is 15.1. The molecular formula is C24H25FO. The predicted octanol–water partition coefficient (Wildman–Crippen LogP) is 6.44. The Labute approximate surface area is 155 Å². The van der Waals surface area contributed by atoms with Crippen LogP contribution in [0.25, 0.3) is 11.1 Å². The summed E-state index contributed by atoms with van der Waals surface area (Å²) in [4.78, 5) is 0. The van der Waals surface area contributed by atoms with E-state index in [0.29, 0.717) is 17.5 Å². The first kappa shape index (κ1) is 18.3. The summed E-state index contributed by atoms with van der Waals surface area (Å²) in [7, 11) is 0. The first-order chi connectivity index (χ1) is 12.6. The highest BCUT2D eigenvalue weighted by Crippen LogP contribution is 2.43. The van der Waals surface area contributed by atoms with Crippen LogP contribution in [-0.2, 0) is 5.67 Å². The molecule has 1 N–H and O–H groups in total. The zero-order valence-corrected chi connectivity index (χ0v) is 15.1. The van der Waals surface area contributed by atoms with Gasteiger partial charge in [-0.3, -0.25) is 0 Å². The van der Waals surface area contributed by atoms with Crippen molar-refractivity contribution in [3.63, 3.8) is 0 Å².